The van der Waals surface area contributed by atoms with Crippen LogP contribution in [0.4, 0.5) is 0 Å². The first-order valence-electron chi connectivity index (χ1n) is 6.01. The van der Waals surface area contributed by atoms with Crippen molar-refractivity contribution in [2.24, 2.45) is 14.1 Å². The highest BCUT2D eigenvalue weighted by atomic mass is 16.1. The van der Waals surface area contributed by atoms with Crippen molar-refractivity contribution in [3.05, 3.63) is 34.9 Å². The number of nitrogens with zero attached hydrogens (tertiary/aromatic N) is 4. The van der Waals surface area contributed by atoms with Crippen LogP contribution in [0.2, 0.25) is 0 Å². The van der Waals surface area contributed by atoms with Gasteiger partial charge in [-0.2, -0.15) is 10.2 Å². The molecule has 2 rings (SSSR count). The van der Waals surface area contributed by atoms with Crippen LogP contribution in [0.1, 0.15) is 33.9 Å². The maximum absolute atomic E-state index is 12.2. The Bertz CT molecular complexity index is 580. The third-order valence-electron chi connectivity index (χ3n) is 3.32. The minimum Gasteiger partial charge on any atom is -0.294 e. The van der Waals surface area contributed by atoms with Gasteiger partial charge in [0.1, 0.15) is 0 Å². The molecule has 96 valence electrons. The number of Topliss-reactive ketones (excluding diaryl/α,β-unsaturated/α-hetero) is 1. The smallest absolute Gasteiger partial charge is 0.166 e. The number of carbonyl (C=O) groups is 1. The second-order valence-electron chi connectivity index (χ2n) is 4.54. The van der Waals surface area contributed by atoms with Gasteiger partial charge >= 0.3 is 0 Å². The van der Waals surface area contributed by atoms with Gasteiger partial charge in [0.05, 0.1) is 11.3 Å². The summed E-state index contributed by atoms with van der Waals surface area (Å²) in [4.78, 5) is 12.2. The van der Waals surface area contributed by atoms with Gasteiger partial charge in [0, 0.05) is 38.1 Å². The summed E-state index contributed by atoms with van der Waals surface area (Å²) in [6.07, 6.45) is 2.95. The third-order valence-corrected chi connectivity index (χ3v) is 3.32. The van der Waals surface area contributed by atoms with Crippen LogP contribution < -0.4 is 0 Å². The summed E-state index contributed by atoms with van der Waals surface area (Å²) in [5.74, 6) is 0.152. The summed E-state index contributed by atoms with van der Waals surface area (Å²) in [7, 11) is 3.75. The maximum atomic E-state index is 12.2. The van der Waals surface area contributed by atoms with Crippen LogP contribution in [0.15, 0.2) is 12.3 Å². The van der Waals surface area contributed by atoms with Crippen molar-refractivity contribution in [2.45, 2.75) is 26.7 Å². The first kappa shape index (κ1) is 12.5. The van der Waals surface area contributed by atoms with Gasteiger partial charge in [-0.15, -0.1) is 0 Å². The van der Waals surface area contributed by atoms with Gasteiger partial charge in [-0.1, -0.05) is 0 Å². The minimum atomic E-state index is 0.152. The lowest BCUT2D eigenvalue weighted by Crippen LogP contribution is -2.07. The van der Waals surface area contributed by atoms with E-state index >= 15 is 0 Å². The summed E-state index contributed by atoms with van der Waals surface area (Å²) >= 11 is 0. The highest BCUT2D eigenvalue weighted by Gasteiger charge is 2.17. The lowest BCUT2D eigenvalue weighted by molar-refractivity contribution is 0.0981. The van der Waals surface area contributed by atoms with Crippen molar-refractivity contribution in [3.63, 3.8) is 0 Å². The normalized spacial score (nSPS) is 10.9. The maximum Gasteiger partial charge on any atom is 0.166 e. The monoisotopic (exact) mass is 246 g/mol. The Morgan fingerprint density at radius 3 is 2.50 bits per heavy atom. The van der Waals surface area contributed by atoms with Crippen LogP contribution >= 0.6 is 0 Å². The molecule has 0 aliphatic rings. The topological polar surface area (TPSA) is 52.7 Å². The number of rotatable bonds is 4. The van der Waals surface area contributed by atoms with Gasteiger partial charge < -0.3 is 0 Å². The van der Waals surface area contributed by atoms with Crippen molar-refractivity contribution in [3.8, 4) is 0 Å². The van der Waals surface area contributed by atoms with E-state index in [9.17, 15) is 4.79 Å². The molecule has 5 nitrogen and oxygen atoms in total. The Morgan fingerprint density at radius 2 is 2.00 bits per heavy atom. The Morgan fingerprint density at radius 1 is 1.28 bits per heavy atom. The Kier molecular flexibility index (Phi) is 3.32. The molecule has 0 aliphatic carbocycles. The van der Waals surface area contributed by atoms with Gasteiger partial charge in [0.15, 0.2) is 5.78 Å². The first-order chi connectivity index (χ1) is 8.50. The van der Waals surface area contributed by atoms with E-state index in [-0.39, 0.29) is 5.78 Å². The number of aryl methyl sites for hydroxylation is 4. The van der Waals surface area contributed by atoms with Gasteiger partial charge in [0.2, 0.25) is 0 Å². The quantitative estimate of drug-likeness (QED) is 0.770. The van der Waals surface area contributed by atoms with E-state index < -0.39 is 0 Å². The van der Waals surface area contributed by atoms with E-state index in [2.05, 4.69) is 10.2 Å². The number of ketones is 1. The zero-order valence-corrected chi connectivity index (χ0v) is 11.3. The third kappa shape index (κ3) is 2.20. The van der Waals surface area contributed by atoms with Crippen molar-refractivity contribution in [1.29, 1.82) is 0 Å². The second kappa shape index (κ2) is 4.76. The Labute approximate surface area is 106 Å². The standard InChI is InChI=1S/C13H18N4O/c1-9-13(10(2)16(3)15-9)12(18)6-5-11-7-8-14-17(11)4/h7-8H,5-6H2,1-4H3. The van der Waals surface area contributed by atoms with Crippen LogP contribution in [-0.4, -0.2) is 25.3 Å². The van der Waals surface area contributed by atoms with Crippen LogP contribution in [0, 0.1) is 13.8 Å². The molecular weight excluding hydrogens is 228 g/mol. The zero-order chi connectivity index (χ0) is 13.3. The average Bonchev–Trinajstić information content (AvgIpc) is 2.81. The van der Waals surface area contributed by atoms with Crippen LogP contribution in [0.5, 0.6) is 0 Å². The van der Waals surface area contributed by atoms with E-state index in [1.165, 1.54) is 0 Å². The summed E-state index contributed by atoms with van der Waals surface area (Å²) in [5.41, 5.74) is 3.58. The highest BCUT2D eigenvalue weighted by molar-refractivity contribution is 5.98. The molecule has 0 atom stereocenters. The Balaban J connectivity index is 2.11. The van der Waals surface area contributed by atoms with E-state index in [1.54, 1.807) is 15.6 Å². The molecule has 0 fully saturated rings. The van der Waals surface area contributed by atoms with Gasteiger partial charge in [-0.05, 0) is 26.3 Å². The molecule has 0 aliphatic heterocycles. The molecule has 2 aromatic heterocycles. The molecule has 0 radical (unpaired) electrons. The lowest BCUT2D eigenvalue weighted by Gasteiger charge is -2.03. The predicted octanol–water partition coefficient (Wildman–Crippen LogP) is 1.59. The van der Waals surface area contributed by atoms with E-state index in [4.69, 9.17) is 0 Å². The molecule has 0 N–H and O–H groups in total. The molecule has 2 aromatic rings. The fourth-order valence-electron chi connectivity index (χ4n) is 2.19. The molecule has 0 saturated heterocycles. The summed E-state index contributed by atoms with van der Waals surface area (Å²) in [5, 5.41) is 8.37. The summed E-state index contributed by atoms with van der Waals surface area (Å²) < 4.78 is 3.56. The van der Waals surface area contributed by atoms with Gasteiger partial charge in [-0.25, -0.2) is 0 Å². The van der Waals surface area contributed by atoms with Crippen molar-refractivity contribution in [1.82, 2.24) is 19.6 Å². The molecule has 0 spiro atoms. The predicted molar refractivity (Wildman–Crippen MR) is 68.5 cm³/mol. The molecule has 5 heteroatoms. The van der Waals surface area contributed by atoms with Crippen molar-refractivity contribution in [2.75, 3.05) is 0 Å². The van der Waals surface area contributed by atoms with Crippen LogP contribution in [0.25, 0.3) is 0 Å². The fourth-order valence-corrected chi connectivity index (χ4v) is 2.19. The zero-order valence-electron chi connectivity index (χ0n) is 11.3. The first-order valence-corrected chi connectivity index (χ1v) is 6.01. The minimum absolute atomic E-state index is 0.152. The van der Waals surface area contributed by atoms with Crippen molar-refractivity contribution >= 4 is 5.78 Å². The SMILES string of the molecule is Cc1nn(C)c(C)c1C(=O)CCc1ccnn1C. The molecule has 0 aromatic carbocycles. The lowest BCUT2D eigenvalue weighted by atomic mass is 10.0. The molecule has 0 bridgehead atoms. The average molecular weight is 246 g/mol. The number of hydrogen-bond acceptors (Lipinski definition) is 3. The number of aromatic nitrogens is 4. The van der Waals surface area contributed by atoms with E-state index in [1.807, 2.05) is 34.0 Å². The van der Waals surface area contributed by atoms with E-state index in [0.717, 1.165) is 22.6 Å². The molecule has 2 heterocycles. The molecular formula is C13H18N4O. The number of carbonyl (C=O) groups excluding carboxylic acids is 1. The van der Waals surface area contributed by atoms with Gasteiger partial charge in [-0.3, -0.25) is 14.2 Å². The van der Waals surface area contributed by atoms with Crippen molar-refractivity contribution < 1.29 is 4.79 Å². The number of hydrogen-bond donors (Lipinski definition) is 0. The van der Waals surface area contributed by atoms with E-state index in [0.29, 0.717) is 12.8 Å². The summed E-state index contributed by atoms with van der Waals surface area (Å²) in [6, 6.07) is 1.94. The molecule has 0 unspecified atom stereocenters. The highest BCUT2D eigenvalue weighted by Crippen LogP contribution is 2.15. The Hall–Kier alpha value is -1.91. The largest absolute Gasteiger partial charge is 0.294 e. The summed E-state index contributed by atoms with van der Waals surface area (Å²) in [6.45, 7) is 3.81. The van der Waals surface area contributed by atoms with Gasteiger partial charge in [0.25, 0.3) is 0 Å². The van der Waals surface area contributed by atoms with Crippen LogP contribution in [0.3, 0.4) is 0 Å². The molecule has 18 heavy (non-hydrogen) atoms. The van der Waals surface area contributed by atoms with Crippen LogP contribution in [-0.2, 0) is 20.5 Å². The fraction of sp³-hybridized carbons (Fsp3) is 0.462. The molecule has 0 amide bonds. The molecule has 0 saturated carbocycles. The second-order valence-corrected chi connectivity index (χ2v) is 4.54.